The first kappa shape index (κ1) is 15.7. The fourth-order valence-corrected chi connectivity index (χ4v) is 2.08. The van der Waals surface area contributed by atoms with E-state index in [2.05, 4.69) is 10.3 Å². The second kappa shape index (κ2) is 6.16. The van der Waals surface area contributed by atoms with Gasteiger partial charge in [-0.2, -0.15) is 0 Å². The minimum Gasteiger partial charge on any atom is -0.388 e. The number of nitro groups is 1. The van der Waals surface area contributed by atoms with E-state index in [-0.39, 0.29) is 23.1 Å². The van der Waals surface area contributed by atoms with Crippen LogP contribution in [0.2, 0.25) is 5.02 Å². The Morgan fingerprint density at radius 3 is 2.79 bits per heavy atom. The first-order chi connectivity index (χ1) is 8.71. The lowest BCUT2D eigenvalue weighted by Crippen LogP contribution is -2.35. The van der Waals surface area contributed by atoms with Crippen LogP contribution in [0.25, 0.3) is 0 Å². The van der Waals surface area contributed by atoms with Gasteiger partial charge in [-0.05, 0) is 19.3 Å². The van der Waals surface area contributed by atoms with Crippen molar-refractivity contribution in [3.8, 4) is 0 Å². The Bertz CT molecular complexity index is 464. The van der Waals surface area contributed by atoms with Gasteiger partial charge in [0.25, 0.3) is 0 Å². The molecule has 0 saturated carbocycles. The Morgan fingerprint density at radius 2 is 2.26 bits per heavy atom. The van der Waals surface area contributed by atoms with Gasteiger partial charge in [-0.25, -0.2) is 4.98 Å². The summed E-state index contributed by atoms with van der Waals surface area (Å²) in [6.45, 7) is 5.86. The van der Waals surface area contributed by atoms with Gasteiger partial charge in [0, 0.05) is 18.8 Å². The van der Waals surface area contributed by atoms with E-state index in [0.29, 0.717) is 12.3 Å². The molecular weight excluding hydrogens is 270 g/mol. The molecule has 1 aromatic heterocycles. The molecule has 106 valence electrons. The lowest BCUT2D eigenvalue weighted by molar-refractivity contribution is -0.384. The van der Waals surface area contributed by atoms with Crippen LogP contribution in [0.3, 0.4) is 0 Å². The van der Waals surface area contributed by atoms with Gasteiger partial charge in [-0.1, -0.05) is 25.4 Å². The van der Waals surface area contributed by atoms with E-state index in [0.717, 1.165) is 0 Å². The fraction of sp³-hybridized carbons (Fsp3) is 0.583. The second-order valence-corrected chi connectivity index (χ2v) is 5.66. The highest BCUT2D eigenvalue weighted by atomic mass is 35.5. The van der Waals surface area contributed by atoms with E-state index in [9.17, 15) is 15.2 Å². The molecule has 0 amide bonds. The second-order valence-electron chi connectivity index (χ2n) is 5.23. The number of nitrogens with zero attached hydrogens (tertiary/aromatic N) is 2. The van der Waals surface area contributed by atoms with Crippen molar-refractivity contribution in [1.82, 2.24) is 4.98 Å². The summed E-state index contributed by atoms with van der Waals surface area (Å²) in [5, 5.41) is 24.0. The summed E-state index contributed by atoms with van der Waals surface area (Å²) >= 11 is 5.68. The van der Waals surface area contributed by atoms with Crippen LogP contribution in [-0.4, -0.2) is 27.2 Å². The summed E-state index contributed by atoms with van der Waals surface area (Å²) in [6.07, 6.45) is 1.91. The molecule has 7 heteroatoms. The summed E-state index contributed by atoms with van der Waals surface area (Å²) in [6, 6.07) is 1.23. The van der Waals surface area contributed by atoms with Crippen LogP contribution in [0, 0.1) is 16.0 Å². The highest BCUT2D eigenvalue weighted by Gasteiger charge is 2.24. The molecule has 0 aliphatic carbocycles. The Morgan fingerprint density at radius 1 is 1.63 bits per heavy atom. The van der Waals surface area contributed by atoms with Crippen molar-refractivity contribution in [3.05, 3.63) is 27.4 Å². The van der Waals surface area contributed by atoms with Crippen LogP contribution in [0.1, 0.15) is 27.2 Å². The van der Waals surface area contributed by atoms with Crippen molar-refractivity contribution < 1.29 is 10.0 Å². The number of nitrogens with one attached hydrogen (secondary N) is 1. The van der Waals surface area contributed by atoms with Gasteiger partial charge in [0.2, 0.25) is 5.82 Å². The maximum absolute atomic E-state index is 10.9. The molecular formula is C12H18ClN3O3. The third-order valence-corrected chi connectivity index (χ3v) is 2.72. The monoisotopic (exact) mass is 287 g/mol. The molecule has 0 aliphatic heterocycles. The highest BCUT2D eigenvalue weighted by molar-refractivity contribution is 6.30. The molecule has 2 N–H and O–H groups in total. The number of hydrogen-bond donors (Lipinski definition) is 2. The van der Waals surface area contributed by atoms with Gasteiger partial charge >= 0.3 is 5.69 Å². The third kappa shape index (κ3) is 5.00. The van der Waals surface area contributed by atoms with Crippen LogP contribution in [0.15, 0.2) is 12.3 Å². The van der Waals surface area contributed by atoms with E-state index in [4.69, 9.17) is 11.6 Å². The van der Waals surface area contributed by atoms with Gasteiger partial charge in [0.1, 0.15) is 0 Å². The molecule has 6 nitrogen and oxygen atoms in total. The van der Waals surface area contributed by atoms with Crippen LogP contribution in [0.4, 0.5) is 11.5 Å². The molecule has 0 bridgehead atoms. The van der Waals surface area contributed by atoms with Crippen LogP contribution in [-0.2, 0) is 0 Å². The molecule has 1 rings (SSSR count). The first-order valence-electron chi connectivity index (χ1n) is 5.97. The largest absolute Gasteiger partial charge is 0.388 e. The van der Waals surface area contributed by atoms with E-state index >= 15 is 0 Å². The highest BCUT2D eigenvalue weighted by Crippen LogP contribution is 2.26. The van der Waals surface area contributed by atoms with Crippen molar-refractivity contribution in [2.45, 2.75) is 32.8 Å². The molecule has 1 aromatic rings. The molecule has 1 heterocycles. The predicted octanol–water partition coefficient (Wildman–Crippen LogP) is 2.85. The number of pyridine rings is 1. The van der Waals surface area contributed by atoms with Gasteiger partial charge < -0.3 is 10.4 Å². The molecule has 0 radical (unpaired) electrons. The summed E-state index contributed by atoms with van der Waals surface area (Å²) in [4.78, 5) is 14.2. The van der Waals surface area contributed by atoms with Crippen molar-refractivity contribution in [1.29, 1.82) is 0 Å². The van der Waals surface area contributed by atoms with Crippen LogP contribution < -0.4 is 5.32 Å². The van der Waals surface area contributed by atoms with Crippen molar-refractivity contribution >= 4 is 23.1 Å². The topological polar surface area (TPSA) is 88.3 Å². The van der Waals surface area contributed by atoms with E-state index in [1.54, 1.807) is 6.92 Å². The molecule has 0 saturated heterocycles. The van der Waals surface area contributed by atoms with Crippen LogP contribution >= 0.6 is 11.6 Å². The maximum Gasteiger partial charge on any atom is 0.312 e. The smallest absolute Gasteiger partial charge is 0.312 e. The zero-order chi connectivity index (χ0) is 14.6. The average molecular weight is 288 g/mol. The normalized spacial score (nSPS) is 14.2. The number of halogens is 1. The number of aliphatic hydroxyl groups is 1. The Labute approximate surface area is 117 Å². The number of hydrogen-bond acceptors (Lipinski definition) is 5. The molecule has 0 fully saturated rings. The molecule has 19 heavy (non-hydrogen) atoms. The summed E-state index contributed by atoms with van der Waals surface area (Å²) < 4.78 is 0. The molecule has 0 aromatic carbocycles. The quantitative estimate of drug-likeness (QED) is 0.620. The minimum atomic E-state index is -0.955. The van der Waals surface area contributed by atoms with Crippen molar-refractivity contribution in [3.63, 3.8) is 0 Å². The number of anilines is 1. The number of aromatic nitrogens is 1. The van der Waals surface area contributed by atoms with E-state index < -0.39 is 10.5 Å². The van der Waals surface area contributed by atoms with Gasteiger partial charge in [0.05, 0.1) is 15.5 Å². The summed E-state index contributed by atoms with van der Waals surface area (Å²) in [7, 11) is 0. The predicted molar refractivity (Wildman–Crippen MR) is 74.5 cm³/mol. The van der Waals surface area contributed by atoms with Gasteiger partial charge in [0.15, 0.2) is 0 Å². The van der Waals surface area contributed by atoms with E-state index in [1.165, 1.54) is 12.3 Å². The van der Waals surface area contributed by atoms with Crippen LogP contribution in [0.5, 0.6) is 0 Å². The Balaban J connectivity index is 2.80. The SMILES string of the molecule is CC(C)CC(C)(O)CNc1ncc(Cl)cc1[N+](=O)[O-]. The molecule has 1 atom stereocenters. The lowest BCUT2D eigenvalue weighted by Gasteiger charge is -2.25. The standard InChI is InChI=1S/C12H18ClN3O3/c1-8(2)5-12(3,17)7-15-11-10(16(18)19)4-9(13)6-14-11/h4,6,8,17H,5,7H2,1-3H3,(H,14,15). The minimum absolute atomic E-state index is 0.110. The Kier molecular flexibility index (Phi) is 5.08. The number of rotatable bonds is 6. The fourth-order valence-electron chi connectivity index (χ4n) is 1.93. The lowest BCUT2D eigenvalue weighted by atomic mass is 9.94. The molecule has 0 spiro atoms. The maximum atomic E-state index is 10.9. The van der Waals surface area contributed by atoms with E-state index in [1.807, 2.05) is 13.8 Å². The van der Waals surface area contributed by atoms with Gasteiger partial charge in [-0.3, -0.25) is 10.1 Å². The third-order valence-electron chi connectivity index (χ3n) is 2.52. The molecule has 1 unspecified atom stereocenters. The van der Waals surface area contributed by atoms with Crippen molar-refractivity contribution in [2.24, 2.45) is 5.92 Å². The van der Waals surface area contributed by atoms with Crippen molar-refractivity contribution in [2.75, 3.05) is 11.9 Å². The molecule has 0 aliphatic rings. The summed E-state index contributed by atoms with van der Waals surface area (Å²) in [5.41, 5.74) is -1.16. The zero-order valence-electron chi connectivity index (χ0n) is 11.2. The van der Waals surface area contributed by atoms with Gasteiger partial charge in [-0.15, -0.1) is 0 Å². The first-order valence-corrected chi connectivity index (χ1v) is 6.35. The summed E-state index contributed by atoms with van der Waals surface area (Å²) in [5.74, 6) is 0.434. The average Bonchev–Trinajstić information content (AvgIpc) is 2.25. The Hall–Kier alpha value is -1.40. The zero-order valence-corrected chi connectivity index (χ0v) is 11.9.